The number of hydrogen-bond acceptors (Lipinski definition) is 3. The number of rotatable bonds is 3. The molecule has 0 radical (unpaired) electrons. The zero-order chi connectivity index (χ0) is 10.8. The minimum atomic E-state index is 0.170. The van der Waals surface area contributed by atoms with Gasteiger partial charge in [0, 0.05) is 11.3 Å². The van der Waals surface area contributed by atoms with Crippen molar-refractivity contribution in [3.05, 3.63) is 24.3 Å². The highest BCUT2D eigenvalue weighted by molar-refractivity contribution is 7.99. The highest BCUT2D eigenvalue weighted by Crippen LogP contribution is 2.24. The largest absolute Gasteiger partial charge is 0.333 e. The molecule has 2 atom stereocenters. The van der Waals surface area contributed by atoms with Gasteiger partial charge in [-0.05, 0) is 19.1 Å². The van der Waals surface area contributed by atoms with Crippen molar-refractivity contribution in [1.29, 1.82) is 0 Å². The van der Waals surface area contributed by atoms with Crippen molar-refractivity contribution >= 4 is 22.8 Å². The molecule has 1 aromatic heterocycles. The molecule has 0 saturated carbocycles. The number of hydrogen-bond donors (Lipinski definition) is 2. The summed E-state index contributed by atoms with van der Waals surface area (Å²) in [6, 6.07) is 8.20. The third kappa shape index (κ3) is 2.33. The molecule has 2 rings (SSSR count). The van der Waals surface area contributed by atoms with Crippen LogP contribution < -0.4 is 5.73 Å². The number of thioether (sulfide) groups is 1. The molecule has 0 aliphatic heterocycles. The fraction of sp³-hybridized carbons (Fsp3) is 0.364. The second-order valence-electron chi connectivity index (χ2n) is 3.74. The monoisotopic (exact) mass is 221 g/mol. The highest BCUT2D eigenvalue weighted by atomic mass is 32.2. The SMILES string of the molecule is CC(N)C(C)Sc1nc2ccccc2[nH]1. The maximum Gasteiger partial charge on any atom is 0.166 e. The van der Waals surface area contributed by atoms with Crippen LogP contribution in [-0.4, -0.2) is 21.3 Å². The number of nitrogens with zero attached hydrogens (tertiary/aromatic N) is 1. The van der Waals surface area contributed by atoms with E-state index in [1.54, 1.807) is 11.8 Å². The molecule has 80 valence electrons. The minimum Gasteiger partial charge on any atom is -0.333 e. The molecule has 15 heavy (non-hydrogen) atoms. The molecule has 2 aromatic rings. The average Bonchev–Trinajstić information content (AvgIpc) is 2.59. The first-order chi connectivity index (χ1) is 7.16. The molecule has 2 unspecified atom stereocenters. The number of aromatic amines is 1. The third-order valence-corrected chi connectivity index (χ3v) is 3.62. The summed E-state index contributed by atoms with van der Waals surface area (Å²) < 4.78 is 0. The molecule has 1 heterocycles. The van der Waals surface area contributed by atoms with Crippen molar-refractivity contribution in [2.75, 3.05) is 0 Å². The normalized spacial score (nSPS) is 15.4. The lowest BCUT2D eigenvalue weighted by molar-refractivity contribution is 0.728. The maximum absolute atomic E-state index is 5.82. The lowest BCUT2D eigenvalue weighted by atomic mass is 10.3. The molecule has 0 amide bonds. The molecule has 4 heteroatoms. The Hall–Kier alpha value is -1.00. The fourth-order valence-corrected chi connectivity index (χ4v) is 2.16. The molecule has 3 nitrogen and oxygen atoms in total. The van der Waals surface area contributed by atoms with Gasteiger partial charge < -0.3 is 10.7 Å². The van der Waals surface area contributed by atoms with Gasteiger partial charge in [-0.3, -0.25) is 0 Å². The molecule has 1 aromatic carbocycles. The van der Waals surface area contributed by atoms with Gasteiger partial charge in [-0.1, -0.05) is 30.8 Å². The first kappa shape index (κ1) is 10.5. The number of aromatic nitrogens is 2. The third-order valence-electron chi connectivity index (χ3n) is 2.41. The molecule has 0 saturated heterocycles. The van der Waals surface area contributed by atoms with Gasteiger partial charge in [0.05, 0.1) is 11.0 Å². The van der Waals surface area contributed by atoms with Crippen LogP contribution in [-0.2, 0) is 0 Å². The zero-order valence-electron chi connectivity index (χ0n) is 8.90. The Labute approximate surface area is 93.5 Å². The van der Waals surface area contributed by atoms with Crippen LogP contribution in [0.5, 0.6) is 0 Å². The van der Waals surface area contributed by atoms with Gasteiger partial charge in [-0.15, -0.1) is 0 Å². The molecule has 0 aliphatic carbocycles. The van der Waals surface area contributed by atoms with E-state index in [0.717, 1.165) is 16.2 Å². The van der Waals surface area contributed by atoms with Gasteiger partial charge >= 0.3 is 0 Å². The minimum absolute atomic E-state index is 0.170. The van der Waals surface area contributed by atoms with Crippen LogP contribution in [0.1, 0.15) is 13.8 Å². The van der Waals surface area contributed by atoms with E-state index in [1.807, 2.05) is 31.2 Å². The molecule has 0 fully saturated rings. The van der Waals surface area contributed by atoms with E-state index < -0.39 is 0 Å². The quantitative estimate of drug-likeness (QED) is 0.782. The van der Waals surface area contributed by atoms with Gasteiger partial charge in [0.1, 0.15) is 0 Å². The van der Waals surface area contributed by atoms with Gasteiger partial charge in [0.2, 0.25) is 0 Å². The molecular weight excluding hydrogens is 206 g/mol. The van der Waals surface area contributed by atoms with Crippen molar-refractivity contribution in [2.45, 2.75) is 30.3 Å². The molecule has 0 spiro atoms. The summed E-state index contributed by atoms with van der Waals surface area (Å²) in [6.07, 6.45) is 0. The van der Waals surface area contributed by atoms with Crippen LogP contribution in [0.3, 0.4) is 0 Å². The van der Waals surface area contributed by atoms with Crippen molar-refractivity contribution in [2.24, 2.45) is 5.73 Å². The number of imidazole rings is 1. The Kier molecular flexibility index (Phi) is 2.98. The average molecular weight is 221 g/mol. The fourth-order valence-electron chi connectivity index (χ4n) is 1.27. The van der Waals surface area contributed by atoms with Crippen molar-refractivity contribution in [3.63, 3.8) is 0 Å². The van der Waals surface area contributed by atoms with Crippen molar-refractivity contribution in [3.8, 4) is 0 Å². The summed E-state index contributed by atoms with van der Waals surface area (Å²) >= 11 is 1.69. The summed E-state index contributed by atoms with van der Waals surface area (Å²) in [4.78, 5) is 7.76. The molecule has 0 aliphatic rings. The Balaban J connectivity index is 2.22. The molecule has 3 N–H and O–H groups in total. The lowest BCUT2D eigenvalue weighted by Crippen LogP contribution is -2.26. The predicted octanol–water partition coefficient (Wildman–Crippen LogP) is 2.39. The highest BCUT2D eigenvalue weighted by Gasteiger charge is 2.11. The van der Waals surface area contributed by atoms with Crippen LogP contribution in [0.4, 0.5) is 0 Å². The summed E-state index contributed by atoms with van der Waals surface area (Å²) in [6.45, 7) is 4.13. The van der Waals surface area contributed by atoms with Crippen LogP contribution in [0.15, 0.2) is 29.4 Å². The van der Waals surface area contributed by atoms with E-state index in [9.17, 15) is 0 Å². The number of H-pyrrole nitrogens is 1. The Bertz CT molecular complexity index is 417. The van der Waals surface area contributed by atoms with Crippen LogP contribution in [0, 0.1) is 0 Å². The number of para-hydroxylation sites is 2. The molecule has 0 bridgehead atoms. The van der Waals surface area contributed by atoms with Gasteiger partial charge in [-0.25, -0.2) is 4.98 Å². The Morgan fingerprint density at radius 3 is 2.73 bits per heavy atom. The second kappa shape index (κ2) is 4.24. The number of fused-ring (bicyclic) bond motifs is 1. The summed E-state index contributed by atoms with van der Waals surface area (Å²) in [7, 11) is 0. The number of benzene rings is 1. The van der Waals surface area contributed by atoms with E-state index in [2.05, 4.69) is 16.9 Å². The Morgan fingerprint density at radius 1 is 1.33 bits per heavy atom. The maximum atomic E-state index is 5.82. The van der Waals surface area contributed by atoms with E-state index in [0.29, 0.717) is 5.25 Å². The van der Waals surface area contributed by atoms with Crippen molar-refractivity contribution in [1.82, 2.24) is 9.97 Å². The lowest BCUT2D eigenvalue weighted by Gasteiger charge is -2.12. The van der Waals surface area contributed by atoms with E-state index in [1.165, 1.54) is 0 Å². The Morgan fingerprint density at radius 2 is 2.07 bits per heavy atom. The van der Waals surface area contributed by atoms with Gasteiger partial charge in [-0.2, -0.15) is 0 Å². The van der Waals surface area contributed by atoms with Crippen LogP contribution in [0.2, 0.25) is 0 Å². The topological polar surface area (TPSA) is 54.7 Å². The number of nitrogens with two attached hydrogens (primary N) is 1. The summed E-state index contributed by atoms with van der Waals surface area (Å²) in [5.41, 5.74) is 7.91. The van der Waals surface area contributed by atoms with Crippen LogP contribution >= 0.6 is 11.8 Å². The molecular formula is C11H15N3S. The van der Waals surface area contributed by atoms with Crippen molar-refractivity contribution < 1.29 is 0 Å². The first-order valence-corrected chi connectivity index (χ1v) is 5.92. The van der Waals surface area contributed by atoms with Gasteiger partial charge in [0.15, 0.2) is 5.16 Å². The van der Waals surface area contributed by atoms with Gasteiger partial charge in [0.25, 0.3) is 0 Å². The first-order valence-electron chi connectivity index (χ1n) is 5.04. The second-order valence-corrected chi connectivity index (χ2v) is 5.11. The predicted molar refractivity (Wildman–Crippen MR) is 65.1 cm³/mol. The summed E-state index contributed by atoms with van der Waals surface area (Å²) in [5, 5.41) is 1.31. The smallest absolute Gasteiger partial charge is 0.166 e. The zero-order valence-corrected chi connectivity index (χ0v) is 9.71. The summed E-state index contributed by atoms with van der Waals surface area (Å²) in [5.74, 6) is 0. The standard InChI is InChI=1S/C11H15N3S/c1-7(12)8(2)15-11-13-9-5-3-4-6-10(9)14-11/h3-8H,12H2,1-2H3,(H,13,14). The van der Waals surface area contributed by atoms with E-state index >= 15 is 0 Å². The van der Waals surface area contributed by atoms with E-state index in [4.69, 9.17) is 5.73 Å². The number of nitrogens with one attached hydrogen (secondary N) is 1. The van der Waals surface area contributed by atoms with E-state index in [-0.39, 0.29) is 6.04 Å². The van der Waals surface area contributed by atoms with Crippen LogP contribution in [0.25, 0.3) is 11.0 Å².